The first-order valence-electron chi connectivity index (χ1n) is 7.33. The largest absolute Gasteiger partial charge is 0.445 e. The standard InChI is InChI=1S/C16H20N4O3/c1-11(2)14(15(21)18-13-8-9-17-20-13)19-16(22)23-10-12-6-4-3-5-7-12/h3-9,11,14H,10H2,1-2H3,(H,19,22)(H2,17,18,20,21)/t14-/m0/s1. The minimum atomic E-state index is -0.707. The van der Waals surface area contributed by atoms with Gasteiger partial charge in [-0.05, 0) is 11.5 Å². The third-order valence-corrected chi connectivity index (χ3v) is 3.19. The first-order valence-corrected chi connectivity index (χ1v) is 7.33. The van der Waals surface area contributed by atoms with E-state index in [0.29, 0.717) is 5.82 Å². The predicted molar refractivity (Wildman–Crippen MR) is 85.6 cm³/mol. The molecule has 0 saturated heterocycles. The lowest BCUT2D eigenvalue weighted by Gasteiger charge is -2.21. The second kappa shape index (κ2) is 7.98. The van der Waals surface area contributed by atoms with Gasteiger partial charge < -0.3 is 15.4 Å². The molecule has 0 radical (unpaired) electrons. The molecule has 7 heteroatoms. The van der Waals surface area contributed by atoms with Gasteiger partial charge in [-0.25, -0.2) is 4.79 Å². The lowest BCUT2D eigenvalue weighted by atomic mass is 10.0. The summed E-state index contributed by atoms with van der Waals surface area (Å²) in [5.41, 5.74) is 0.880. The lowest BCUT2D eigenvalue weighted by Crippen LogP contribution is -2.47. The third kappa shape index (κ3) is 5.14. The number of carbonyl (C=O) groups excluding carboxylic acids is 2. The van der Waals surface area contributed by atoms with Crippen molar-refractivity contribution >= 4 is 17.8 Å². The maximum atomic E-state index is 12.2. The fourth-order valence-corrected chi connectivity index (χ4v) is 1.96. The summed E-state index contributed by atoms with van der Waals surface area (Å²) in [6.07, 6.45) is 0.897. The van der Waals surface area contributed by atoms with E-state index < -0.39 is 12.1 Å². The van der Waals surface area contributed by atoms with E-state index in [1.165, 1.54) is 6.20 Å². The first-order chi connectivity index (χ1) is 11.1. The highest BCUT2D eigenvalue weighted by molar-refractivity contribution is 5.96. The zero-order chi connectivity index (χ0) is 16.7. The number of hydrogen-bond acceptors (Lipinski definition) is 4. The van der Waals surface area contributed by atoms with Crippen LogP contribution in [0.25, 0.3) is 0 Å². The third-order valence-electron chi connectivity index (χ3n) is 3.19. The van der Waals surface area contributed by atoms with E-state index in [1.54, 1.807) is 6.07 Å². The van der Waals surface area contributed by atoms with Crippen molar-refractivity contribution in [3.05, 3.63) is 48.2 Å². The molecule has 122 valence electrons. The van der Waals surface area contributed by atoms with E-state index in [4.69, 9.17) is 4.74 Å². The summed E-state index contributed by atoms with van der Waals surface area (Å²) >= 11 is 0. The van der Waals surface area contributed by atoms with Gasteiger partial charge in [-0.3, -0.25) is 9.89 Å². The second-order valence-electron chi connectivity index (χ2n) is 5.39. The average molecular weight is 316 g/mol. The molecule has 2 amide bonds. The van der Waals surface area contributed by atoms with Crippen LogP contribution in [0.5, 0.6) is 0 Å². The van der Waals surface area contributed by atoms with Crippen LogP contribution in [-0.2, 0) is 16.1 Å². The van der Waals surface area contributed by atoms with Crippen molar-refractivity contribution in [3.8, 4) is 0 Å². The zero-order valence-corrected chi connectivity index (χ0v) is 13.1. The number of rotatable bonds is 6. The molecule has 2 aromatic rings. The summed E-state index contributed by atoms with van der Waals surface area (Å²) < 4.78 is 5.14. The topological polar surface area (TPSA) is 96.1 Å². The molecule has 0 aliphatic carbocycles. The summed E-state index contributed by atoms with van der Waals surface area (Å²) in [6.45, 7) is 3.84. The molecule has 1 heterocycles. The van der Waals surface area contributed by atoms with Crippen LogP contribution in [-0.4, -0.2) is 28.2 Å². The van der Waals surface area contributed by atoms with Gasteiger partial charge in [-0.2, -0.15) is 5.10 Å². The van der Waals surface area contributed by atoms with Gasteiger partial charge in [-0.15, -0.1) is 0 Å². The van der Waals surface area contributed by atoms with Crippen LogP contribution < -0.4 is 10.6 Å². The first kappa shape index (κ1) is 16.5. The molecule has 0 aliphatic heterocycles. The van der Waals surface area contributed by atoms with E-state index in [1.807, 2.05) is 44.2 Å². The molecule has 1 aromatic heterocycles. The van der Waals surface area contributed by atoms with E-state index in [-0.39, 0.29) is 18.4 Å². The van der Waals surface area contributed by atoms with Crippen LogP contribution in [0.4, 0.5) is 10.6 Å². The van der Waals surface area contributed by atoms with Crippen molar-refractivity contribution < 1.29 is 14.3 Å². The van der Waals surface area contributed by atoms with Crippen LogP contribution in [0.3, 0.4) is 0 Å². The molecule has 23 heavy (non-hydrogen) atoms. The minimum absolute atomic E-state index is 0.0952. The number of anilines is 1. The van der Waals surface area contributed by atoms with E-state index in [2.05, 4.69) is 20.8 Å². The number of aromatic amines is 1. The molecular formula is C16H20N4O3. The Balaban J connectivity index is 1.88. The molecule has 0 saturated carbocycles. The Bertz CT molecular complexity index is 626. The van der Waals surface area contributed by atoms with E-state index in [9.17, 15) is 9.59 Å². The summed E-state index contributed by atoms with van der Waals surface area (Å²) in [7, 11) is 0. The molecule has 0 unspecified atom stereocenters. The summed E-state index contributed by atoms with van der Waals surface area (Å²) in [5.74, 6) is 0.0446. The Morgan fingerprint density at radius 3 is 2.57 bits per heavy atom. The Labute approximate surface area is 134 Å². The molecule has 1 atom stereocenters. The molecule has 0 fully saturated rings. The van der Waals surface area contributed by atoms with Crippen molar-refractivity contribution in [1.29, 1.82) is 0 Å². The number of H-pyrrole nitrogens is 1. The number of benzene rings is 1. The maximum absolute atomic E-state index is 12.2. The second-order valence-corrected chi connectivity index (χ2v) is 5.39. The van der Waals surface area contributed by atoms with Gasteiger partial charge in [0.1, 0.15) is 18.5 Å². The van der Waals surface area contributed by atoms with Gasteiger partial charge in [0.05, 0.1) is 6.20 Å². The van der Waals surface area contributed by atoms with Crippen LogP contribution >= 0.6 is 0 Å². The van der Waals surface area contributed by atoms with Gasteiger partial charge >= 0.3 is 6.09 Å². The maximum Gasteiger partial charge on any atom is 0.408 e. The Morgan fingerprint density at radius 1 is 1.22 bits per heavy atom. The molecule has 3 N–H and O–H groups in total. The SMILES string of the molecule is CC(C)[C@H](NC(=O)OCc1ccccc1)C(=O)Nc1ccn[nH]1. The van der Waals surface area contributed by atoms with Crippen LogP contribution in [0.15, 0.2) is 42.6 Å². The Morgan fingerprint density at radius 2 is 1.96 bits per heavy atom. The van der Waals surface area contributed by atoms with Crippen LogP contribution in [0.2, 0.25) is 0 Å². The van der Waals surface area contributed by atoms with Gasteiger partial charge in [0.25, 0.3) is 0 Å². The lowest BCUT2D eigenvalue weighted by molar-refractivity contribution is -0.119. The summed E-state index contributed by atoms with van der Waals surface area (Å²) in [5, 5.41) is 11.6. The van der Waals surface area contributed by atoms with Gasteiger partial charge in [0.15, 0.2) is 0 Å². The van der Waals surface area contributed by atoms with Crippen LogP contribution in [0, 0.1) is 5.92 Å². The highest BCUT2D eigenvalue weighted by atomic mass is 16.5. The van der Waals surface area contributed by atoms with Crippen molar-refractivity contribution in [2.45, 2.75) is 26.5 Å². The number of alkyl carbamates (subject to hydrolysis) is 1. The van der Waals surface area contributed by atoms with Crippen molar-refractivity contribution in [3.63, 3.8) is 0 Å². The quantitative estimate of drug-likeness (QED) is 0.762. The number of amides is 2. The molecule has 0 bridgehead atoms. The van der Waals surface area contributed by atoms with Gasteiger partial charge in [0.2, 0.25) is 5.91 Å². The summed E-state index contributed by atoms with van der Waals surface area (Å²) in [6, 6.07) is 10.3. The smallest absolute Gasteiger partial charge is 0.408 e. The van der Waals surface area contributed by atoms with Crippen molar-refractivity contribution in [1.82, 2.24) is 15.5 Å². The van der Waals surface area contributed by atoms with E-state index in [0.717, 1.165) is 5.56 Å². The van der Waals surface area contributed by atoms with Gasteiger partial charge in [0, 0.05) is 6.07 Å². The normalized spacial score (nSPS) is 11.8. The Kier molecular flexibility index (Phi) is 5.74. The van der Waals surface area contributed by atoms with Crippen molar-refractivity contribution in [2.75, 3.05) is 5.32 Å². The average Bonchev–Trinajstić information content (AvgIpc) is 3.04. The Hall–Kier alpha value is -2.83. The monoisotopic (exact) mass is 316 g/mol. The molecule has 0 spiro atoms. The molecular weight excluding hydrogens is 296 g/mol. The molecule has 1 aromatic carbocycles. The number of carbonyl (C=O) groups is 2. The number of ether oxygens (including phenoxy) is 1. The number of aromatic nitrogens is 2. The number of hydrogen-bond donors (Lipinski definition) is 3. The minimum Gasteiger partial charge on any atom is -0.445 e. The zero-order valence-electron chi connectivity index (χ0n) is 13.1. The van der Waals surface area contributed by atoms with Crippen molar-refractivity contribution in [2.24, 2.45) is 5.92 Å². The summed E-state index contributed by atoms with van der Waals surface area (Å²) in [4.78, 5) is 24.1. The van der Waals surface area contributed by atoms with E-state index >= 15 is 0 Å². The molecule has 0 aliphatic rings. The van der Waals surface area contributed by atoms with Gasteiger partial charge in [-0.1, -0.05) is 44.2 Å². The fraction of sp³-hybridized carbons (Fsp3) is 0.312. The van der Waals surface area contributed by atoms with Crippen LogP contribution in [0.1, 0.15) is 19.4 Å². The fourth-order valence-electron chi connectivity index (χ4n) is 1.96. The number of nitrogens with one attached hydrogen (secondary N) is 3. The molecule has 2 rings (SSSR count). The number of nitrogens with zero attached hydrogens (tertiary/aromatic N) is 1. The highest BCUT2D eigenvalue weighted by Gasteiger charge is 2.25. The highest BCUT2D eigenvalue weighted by Crippen LogP contribution is 2.07. The predicted octanol–water partition coefficient (Wildman–Crippen LogP) is 2.30. The molecule has 7 nitrogen and oxygen atoms in total.